The van der Waals surface area contributed by atoms with Gasteiger partial charge in [0, 0.05) is 19.0 Å². The SMILES string of the molecule is CCCCOC(=O)C1(C2CC(C(=O)O)N(C(=O)OC(C)(C)C)C2)CC(C(C)(C)C)CN1O[SiH](C)C. The molecule has 2 saturated heterocycles. The van der Waals surface area contributed by atoms with Crippen molar-refractivity contribution in [3.63, 3.8) is 0 Å². The third-order valence-electron chi connectivity index (χ3n) is 6.93. The number of unbranched alkanes of at least 4 members (excludes halogenated alkanes) is 1. The smallest absolute Gasteiger partial charge is 0.411 e. The largest absolute Gasteiger partial charge is 0.480 e. The molecule has 0 bridgehead atoms. The van der Waals surface area contributed by atoms with E-state index in [9.17, 15) is 19.5 Å². The normalized spacial score (nSPS) is 27.9. The summed E-state index contributed by atoms with van der Waals surface area (Å²) in [5.74, 6) is -1.82. The first-order chi connectivity index (χ1) is 16.0. The van der Waals surface area contributed by atoms with Crippen molar-refractivity contribution >= 4 is 27.1 Å². The molecule has 0 spiro atoms. The Hall–Kier alpha value is -1.65. The molecule has 0 aliphatic carbocycles. The minimum atomic E-state index is -1.61. The van der Waals surface area contributed by atoms with E-state index in [1.54, 1.807) is 25.8 Å². The van der Waals surface area contributed by atoms with Crippen molar-refractivity contribution in [1.82, 2.24) is 9.96 Å². The molecule has 0 aromatic carbocycles. The van der Waals surface area contributed by atoms with Crippen LogP contribution in [0.5, 0.6) is 0 Å². The van der Waals surface area contributed by atoms with Crippen LogP contribution >= 0.6 is 0 Å². The lowest BCUT2D eigenvalue weighted by atomic mass is 9.72. The van der Waals surface area contributed by atoms with E-state index in [0.717, 1.165) is 12.8 Å². The van der Waals surface area contributed by atoms with Crippen molar-refractivity contribution in [3.8, 4) is 0 Å². The summed E-state index contributed by atoms with van der Waals surface area (Å²) < 4.78 is 17.7. The highest BCUT2D eigenvalue weighted by molar-refractivity contribution is 6.48. The molecule has 2 heterocycles. The fraction of sp³-hybridized carbons (Fsp3) is 0.880. The number of hydroxylamine groups is 2. The minimum absolute atomic E-state index is 0.0884. The molecule has 0 aromatic rings. The number of hydrogen-bond acceptors (Lipinski definition) is 7. The van der Waals surface area contributed by atoms with Gasteiger partial charge in [-0.1, -0.05) is 34.1 Å². The zero-order valence-corrected chi connectivity index (χ0v) is 24.2. The fourth-order valence-corrected chi connectivity index (χ4v) is 5.75. The van der Waals surface area contributed by atoms with Crippen LogP contribution in [0.4, 0.5) is 4.79 Å². The van der Waals surface area contributed by atoms with Crippen LogP contribution in [0.3, 0.4) is 0 Å². The molecular weight excluding hydrogens is 468 g/mol. The number of ether oxygens (including phenoxy) is 2. The Kier molecular flexibility index (Phi) is 9.44. The monoisotopic (exact) mass is 514 g/mol. The fourth-order valence-electron chi connectivity index (χ4n) is 4.97. The third kappa shape index (κ3) is 6.98. The van der Waals surface area contributed by atoms with Crippen molar-refractivity contribution in [2.75, 3.05) is 19.7 Å². The molecule has 0 saturated carbocycles. The molecule has 1 N–H and O–H groups in total. The van der Waals surface area contributed by atoms with Crippen molar-refractivity contribution in [2.45, 2.75) is 104 Å². The highest BCUT2D eigenvalue weighted by Gasteiger charge is 2.63. The number of likely N-dealkylation sites (tertiary alicyclic amines) is 1. The number of amides is 1. The summed E-state index contributed by atoms with van der Waals surface area (Å²) in [4.78, 5) is 40.3. The molecular formula is C25H46N2O7Si. The molecule has 1 amide bonds. The first-order valence-electron chi connectivity index (χ1n) is 12.9. The topological polar surface area (TPSA) is 106 Å². The highest BCUT2D eigenvalue weighted by Crippen LogP contribution is 2.50. The van der Waals surface area contributed by atoms with E-state index in [4.69, 9.17) is 14.0 Å². The molecule has 4 unspecified atom stereocenters. The lowest BCUT2D eigenvalue weighted by molar-refractivity contribution is -0.190. The van der Waals surface area contributed by atoms with Gasteiger partial charge in [0.25, 0.3) is 0 Å². The van der Waals surface area contributed by atoms with Crippen LogP contribution in [0.25, 0.3) is 0 Å². The van der Waals surface area contributed by atoms with Crippen LogP contribution in [-0.2, 0) is 23.6 Å². The van der Waals surface area contributed by atoms with Gasteiger partial charge in [0.05, 0.1) is 6.61 Å². The molecule has 2 rings (SSSR count). The van der Waals surface area contributed by atoms with E-state index in [0.29, 0.717) is 19.6 Å². The highest BCUT2D eigenvalue weighted by atomic mass is 28.3. The maximum atomic E-state index is 13.9. The predicted molar refractivity (Wildman–Crippen MR) is 135 cm³/mol. The number of rotatable bonds is 8. The number of carboxylic acid groups (broad SMARTS) is 1. The summed E-state index contributed by atoms with van der Waals surface area (Å²) in [6.07, 6.45) is 1.57. The number of esters is 1. The van der Waals surface area contributed by atoms with Crippen molar-refractivity contribution < 1.29 is 33.5 Å². The number of aliphatic carboxylic acids is 1. The Bertz CT molecular complexity index is 777. The van der Waals surface area contributed by atoms with Crippen LogP contribution in [0.2, 0.25) is 13.1 Å². The number of hydrogen-bond donors (Lipinski definition) is 1. The third-order valence-corrected chi connectivity index (χ3v) is 7.60. The van der Waals surface area contributed by atoms with Gasteiger partial charge in [-0.25, -0.2) is 14.4 Å². The second kappa shape index (κ2) is 11.2. The van der Waals surface area contributed by atoms with E-state index in [1.807, 2.05) is 20.0 Å². The average molecular weight is 515 g/mol. The standard InChI is InChI=1S/C25H46N2O7Si/c1-10-11-12-32-21(30)25(14-18(23(2,3)4)16-27(25)34-35(8)9)17-13-19(20(28)29)26(15-17)22(31)33-24(5,6)7/h17-19,35H,10-16H2,1-9H3,(H,28,29). The first-order valence-corrected chi connectivity index (χ1v) is 15.6. The van der Waals surface area contributed by atoms with E-state index >= 15 is 0 Å². The lowest BCUT2D eigenvalue weighted by Gasteiger charge is -2.40. The molecule has 4 atom stereocenters. The molecule has 9 nitrogen and oxygen atoms in total. The summed E-state index contributed by atoms with van der Waals surface area (Å²) >= 11 is 0. The van der Waals surface area contributed by atoms with Crippen LogP contribution in [0, 0.1) is 17.3 Å². The molecule has 202 valence electrons. The Balaban J connectivity index is 2.52. The van der Waals surface area contributed by atoms with Gasteiger partial charge in [-0.2, -0.15) is 5.06 Å². The molecule has 2 fully saturated rings. The molecule has 0 radical (unpaired) electrons. The zero-order valence-electron chi connectivity index (χ0n) is 23.1. The van der Waals surface area contributed by atoms with E-state index in [-0.39, 0.29) is 30.3 Å². The summed E-state index contributed by atoms with van der Waals surface area (Å²) in [6, 6.07) is -1.08. The van der Waals surface area contributed by atoms with Crippen LogP contribution in [0.1, 0.15) is 74.1 Å². The average Bonchev–Trinajstić information content (AvgIpc) is 3.29. The summed E-state index contributed by atoms with van der Waals surface area (Å²) in [6.45, 7) is 18.7. The van der Waals surface area contributed by atoms with E-state index in [1.165, 1.54) is 4.90 Å². The van der Waals surface area contributed by atoms with Gasteiger partial charge in [0.15, 0.2) is 9.04 Å². The molecule has 2 aliphatic rings. The Morgan fingerprint density at radius 1 is 1.09 bits per heavy atom. The molecule has 0 aromatic heterocycles. The quantitative estimate of drug-likeness (QED) is 0.294. The van der Waals surface area contributed by atoms with Gasteiger partial charge >= 0.3 is 18.0 Å². The predicted octanol–water partition coefficient (Wildman–Crippen LogP) is 4.06. The van der Waals surface area contributed by atoms with Gasteiger partial charge in [0.1, 0.15) is 17.2 Å². The molecule has 35 heavy (non-hydrogen) atoms. The Morgan fingerprint density at radius 2 is 1.71 bits per heavy atom. The minimum Gasteiger partial charge on any atom is -0.480 e. The van der Waals surface area contributed by atoms with Crippen molar-refractivity contribution in [1.29, 1.82) is 0 Å². The van der Waals surface area contributed by atoms with Gasteiger partial charge < -0.3 is 19.1 Å². The first kappa shape index (κ1) is 29.6. The van der Waals surface area contributed by atoms with Crippen LogP contribution < -0.4 is 0 Å². The van der Waals surface area contributed by atoms with Gasteiger partial charge in [-0.15, -0.1) is 0 Å². The maximum Gasteiger partial charge on any atom is 0.411 e. The molecule has 10 heteroatoms. The molecule has 2 aliphatic heterocycles. The number of carbonyl (C=O) groups is 3. The van der Waals surface area contributed by atoms with Gasteiger partial charge in [-0.05, 0) is 64.5 Å². The second-order valence-electron chi connectivity index (χ2n) is 12.3. The Morgan fingerprint density at radius 3 is 2.20 bits per heavy atom. The van der Waals surface area contributed by atoms with Crippen LogP contribution in [0.15, 0.2) is 0 Å². The summed E-state index contributed by atoms with van der Waals surface area (Å²) in [7, 11) is -1.61. The van der Waals surface area contributed by atoms with Crippen molar-refractivity contribution in [2.24, 2.45) is 17.3 Å². The number of carboxylic acids is 1. The van der Waals surface area contributed by atoms with E-state index < -0.39 is 44.2 Å². The van der Waals surface area contributed by atoms with Gasteiger partial charge in [0.2, 0.25) is 0 Å². The number of nitrogens with zero attached hydrogens (tertiary/aromatic N) is 2. The Labute approximate surface area is 212 Å². The second-order valence-corrected chi connectivity index (χ2v) is 14.6. The maximum absolute atomic E-state index is 13.9. The van der Waals surface area contributed by atoms with Gasteiger partial charge in [-0.3, -0.25) is 4.90 Å². The number of carbonyl (C=O) groups excluding carboxylic acids is 2. The van der Waals surface area contributed by atoms with Crippen molar-refractivity contribution in [3.05, 3.63) is 0 Å². The summed E-state index contributed by atoms with van der Waals surface area (Å²) in [5, 5.41) is 11.8. The van der Waals surface area contributed by atoms with E-state index in [2.05, 4.69) is 20.8 Å². The lowest BCUT2D eigenvalue weighted by Crippen LogP contribution is -2.58. The van der Waals surface area contributed by atoms with Crippen LogP contribution in [-0.4, -0.2) is 79.0 Å². The zero-order chi connectivity index (χ0) is 26.8. The summed E-state index contributed by atoms with van der Waals surface area (Å²) in [5.41, 5.74) is -2.02.